The van der Waals surface area contributed by atoms with Crippen molar-refractivity contribution in [2.75, 3.05) is 0 Å². The van der Waals surface area contributed by atoms with Gasteiger partial charge in [0.15, 0.2) is 0 Å². The van der Waals surface area contributed by atoms with Crippen LogP contribution in [0.4, 0.5) is 18.0 Å². The average Bonchev–Trinajstić information content (AvgIpc) is 3.06. The van der Waals surface area contributed by atoms with E-state index in [1.165, 1.54) is 16.7 Å². The molecule has 7 heteroatoms. The molecule has 0 saturated carbocycles. The van der Waals surface area contributed by atoms with Crippen molar-refractivity contribution in [3.63, 3.8) is 0 Å². The van der Waals surface area contributed by atoms with E-state index < -0.39 is 11.7 Å². The van der Waals surface area contributed by atoms with Gasteiger partial charge in [-0.3, -0.25) is 0 Å². The molecule has 4 rings (SSSR count). The van der Waals surface area contributed by atoms with Crippen molar-refractivity contribution in [1.29, 1.82) is 0 Å². The molecule has 0 spiro atoms. The molecule has 0 saturated heterocycles. The number of nitrogens with one attached hydrogen (secondary N) is 1. The van der Waals surface area contributed by atoms with Gasteiger partial charge in [-0.15, -0.1) is 0 Å². The van der Waals surface area contributed by atoms with Gasteiger partial charge in [0.05, 0.1) is 22.6 Å². The molecule has 1 aliphatic rings. The van der Waals surface area contributed by atoms with Crippen molar-refractivity contribution in [1.82, 2.24) is 14.9 Å². The van der Waals surface area contributed by atoms with Crippen molar-refractivity contribution in [3.05, 3.63) is 65.5 Å². The molecule has 24 heavy (non-hydrogen) atoms. The Hall–Kier alpha value is -2.83. The third-order valence-electron chi connectivity index (χ3n) is 4.12. The lowest BCUT2D eigenvalue weighted by Gasteiger charge is -2.11. The molecule has 1 amide bonds. The van der Waals surface area contributed by atoms with E-state index in [1.54, 1.807) is 0 Å². The normalized spacial score (nSPS) is 17.1. The van der Waals surface area contributed by atoms with Gasteiger partial charge >= 0.3 is 12.2 Å². The van der Waals surface area contributed by atoms with Crippen LogP contribution in [0.1, 0.15) is 23.0 Å². The molecular formula is C17H12F3N3O. The van der Waals surface area contributed by atoms with Crippen LogP contribution in [-0.2, 0) is 12.6 Å². The van der Waals surface area contributed by atoms with Crippen LogP contribution >= 0.6 is 0 Å². The van der Waals surface area contributed by atoms with Crippen LogP contribution in [0.3, 0.4) is 0 Å². The summed E-state index contributed by atoms with van der Waals surface area (Å²) in [6.07, 6.45) is -3.97. The minimum Gasteiger partial charge on any atom is -0.327 e. The summed E-state index contributed by atoms with van der Waals surface area (Å²) in [5.41, 5.74) is 1.46. The number of halogens is 3. The highest BCUT2D eigenvalue weighted by Crippen LogP contribution is 2.31. The second-order valence-corrected chi connectivity index (χ2v) is 5.70. The van der Waals surface area contributed by atoms with Crippen molar-refractivity contribution in [2.24, 2.45) is 0 Å². The zero-order valence-electron chi connectivity index (χ0n) is 12.3. The van der Waals surface area contributed by atoms with Gasteiger partial charge in [0, 0.05) is 0 Å². The van der Waals surface area contributed by atoms with E-state index in [9.17, 15) is 18.0 Å². The second-order valence-electron chi connectivity index (χ2n) is 5.70. The maximum atomic E-state index is 12.6. The van der Waals surface area contributed by atoms with Crippen LogP contribution in [0, 0.1) is 0 Å². The summed E-state index contributed by atoms with van der Waals surface area (Å²) < 4.78 is 39.4. The molecule has 1 atom stereocenters. The van der Waals surface area contributed by atoms with Crippen molar-refractivity contribution < 1.29 is 18.0 Å². The molecule has 0 aliphatic carbocycles. The smallest absolute Gasteiger partial charge is 0.327 e. The Balaban J connectivity index is 1.64. The van der Waals surface area contributed by atoms with E-state index in [2.05, 4.69) is 10.3 Å². The molecule has 0 radical (unpaired) electrons. The van der Waals surface area contributed by atoms with E-state index in [1.807, 2.05) is 24.3 Å². The summed E-state index contributed by atoms with van der Waals surface area (Å²) in [4.78, 5) is 16.7. The summed E-state index contributed by atoms with van der Waals surface area (Å²) in [7, 11) is 0. The largest absolute Gasteiger partial charge is 0.416 e. The molecule has 2 aromatic carbocycles. The van der Waals surface area contributed by atoms with Crippen LogP contribution in [-0.4, -0.2) is 15.6 Å². The van der Waals surface area contributed by atoms with Crippen LogP contribution in [0.25, 0.3) is 11.0 Å². The zero-order valence-corrected chi connectivity index (χ0v) is 12.3. The van der Waals surface area contributed by atoms with E-state index in [0.717, 1.165) is 23.2 Å². The Kier molecular flexibility index (Phi) is 3.13. The number of nitrogens with zero attached hydrogens (tertiary/aromatic N) is 2. The maximum absolute atomic E-state index is 12.6. The van der Waals surface area contributed by atoms with Gasteiger partial charge in [-0.25, -0.2) is 14.3 Å². The summed E-state index contributed by atoms with van der Waals surface area (Å²) in [5.74, 6) is 0.584. The maximum Gasteiger partial charge on any atom is 0.416 e. The molecule has 3 aromatic rings. The lowest BCUT2D eigenvalue weighted by Crippen LogP contribution is -2.22. The fourth-order valence-corrected chi connectivity index (χ4v) is 2.98. The molecule has 2 heterocycles. The first-order chi connectivity index (χ1) is 11.4. The van der Waals surface area contributed by atoms with E-state index >= 15 is 0 Å². The number of carbonyl (C=O) groups is 1. The zero-order chi connectivity index (χ0) is 16.9. The highest BCUT2D eigenvalue weighted by molar-refractivity contribution is 5.92. The summed E-state index contributed by atoms with van der Waals surface area (Å²) in [6.45, 7) is 0. The molecule has 0 fully saturated rings. The number of benzene rings is 2. The number of carbonyl (C=O) groups excluding carboxylic acids is 1. The lowest BCUT2D eigenvalue weighted by molar-refractivity contribution is -0.137. The van der Waals surface area contributed by atoms with Crippen molar-refractivity contribution in [2.45, 2.75) is 18.6 Å². The summed E-state index contributed by atoms with van der Waals surface area (Å²) in [6, 6.07) is 11.6. The van der Waals surface area contributed by atoms with E-state index in [-0.39, 0.29) is 12.1 Å². The first kappa shape index (κ1) is 14.7. The van der Waals surface area contributed by atoms with Gasteiger partial charge < -0.3 is 5.32 Å². The van der Waals surface area contributed by atoms with Gasteiger partial charge in [-0.2, -0.15) is 13.2 Å². The van der Waals surface area contributed by atoms with Crippen LogP contribution < -0.4 is 5.32 Å². The summed E-state index contributed by atoms with van der Waals surface area (Å²) >= 11 is 0. The molecular weight excluding hydrogens is 319 g/mol. The van der Waals surface area contributed by atoms with Gasteiger partial charge in [0.2, 0.25) is 0 Å². The third-order valence-corrected chi connectivity index (χ3v) is 4.12. The highest BCUT2D eigenvalue weighted by Gasteiger charge is 2.33. The van der Waals surface area contributed by atoms with Gasteiger partial charge in [-0.05, 0) is 36.2 Å². The van der Waals surface area contributed by atoms with Crippen molar-refractivity contribution in [3.8, 4) is 0 Å². The number of hydrogen-bond acceptors (Lipinski definition) is 2. The molecule has 1 aliphatic heterocycles. The molecule has 1 N–H and O–H groups in total. The SMILES string of the molecule is O=C1N[C@H](Cc2ccc(C(F)(F)F)cc2)c2nc3ccccc3n21. The minimum absolute atomic E-state index is 0.268. The number of fused-ring (bicyclic) bond motifs is 3. The Bertz CT molecular complexity index is 928. The minimum atomic E-state index is -4.35. The fraction of sp³-hybridized carbons (Fsp3) is 0.176. The third kappa shape index (κ3) is 2.33. The molecule has 0 bridgehead atoms. The van der Waals surface area contributed by atoms with Gasteiger partial charge in [-0.1, -0.05) is 24.3 Å². The Labute approximate surface area is 134 Å². The number of alkyl halides is 3. The molecule has 122 valence electrons. The van der Waals surface area contributed by atoms with E-state index in [4.69, 9.17) is 0 Å². The summed E-state index contributed by atoms with van der Waals surface area (Å²) in [5, 5.41) is 2.82. The lowest BCUT2D eigenvalue weighted by atomic mass is 10.0. The number of hydrogen-bond donors (Lipinski definition) is 1. The number of imidazole rings is 1. The van der Waals surface area contributed by atoms with E-state index in [0.29, 0.717) is 17.8 Å². The van der Waals surface area contributed by atoms with Gasteiger partial charge in [0.25, 0.3) is 0 Å². The Morgan fingerprint density at radius 3 is 2.50 bits per heavy atom. The standard InChI is InChI=1S/C17H12F3N3O/c18-17(19,20)11-7-5-10(6-8-11)9-13-15-21-12-3-1-2-4-14(12)23(15)16(24)22-13/h1-8,13H,9H2,(H,22,24)/t13-/m1/s1. The topological polar surface area (TPSA) is 46.9 Å². The quantitative estimate of drug-likeness (QED) is 0.774. The molecule has 4 nitrogen and oxygen atoms in total. The first-order valence-electron chi connectivity index (χ1n) is 7.38. The molecule has 0 unspecified atom stereocenters. The number of para-hydroxylation sites is 2. The number of rotatable bonds is 2. The Morgan fingerprint density at radius 2 is 1.79 bits per heavy atom. The number of amides is 1. The van der Waals surface area contributed by atoms with Crippen LogP contribution in [0.15, 0.2) is 48.5 Å². The Morgan fingerprint density at radius 1 is 1.08 bits per heavy atom. The predicted octanol–water partition coefficient (Wildman–Crippen LogP) is 3.91. The highest BCUT2D eigenvalue weighted by atomic mass is 19.4. The fourth-order valence-electron chi connectivity index (χ4n) is 2.98. The first-order valence-corrected chi connectivity index (χ1v) is 7.38. The number of aromatic nitrogens is 2. The monoisotopic (exact) mass is 331 g/mol. The second kappa shape index (κ2) is 5.09. The molecule has 1 aromatic heterocycles. The average molecular weight is 331 g/mol. The van der Waals surface area contributed by atoms with Crippen LogP contribution in [0.5, 0.6) is 0 Å². The van der Waals surface area contributed by atoms with Crippen molar-refractivity contribution >= 4 is 17.1 Å². The van der Waals surface area contributed by atoms with Gasteiger partial charge in [0.1, 0.15) is 5.82 Å². The predicted molar refractivity (Wildman–Crippen MR) is 81.6 cm³/mol. The van der Waals surface area contributed by atoms with Crippen LogP contribution in [0.2, 0.25) is 0 Å².